The first-order valence-electron chi connectivity index (χ1n) is 13.7. The molecule has 1 aliphatic heterocycles. The molecule has 0 unspecified atom stereocenters. The van der Waals surface area contributed by atoms with E-state index in [9.17, 15) is 14.1 Å². The van der Waals surface area contributed by atoms with Crippen LogP contribution in [0.2, 0.25) is 5.02 Å². The van der Waals surface area contributed by atoms with E-state index in [1.54, 1.807) is 19.2 Å². The van der Waals surface area contributed by atoms with E-state index in [1.807, 2.05) is 72.8 Å². The molecule has 7 nitrogen and oxygen atoms in total. The molecule has 0 saturated carbocycles. The van der Waals surface area contributed by atoms with Crippen molar-refractivity contribution < 1.29 is 23.6 Å². The fourth-order valence-electron chi connectivity index (χ4n) is 5.43. The second kappa shape index (κ2) is 12.0. The van der Waals surface area contributed by atoms with Gasteiger partial charge in [-0.05, 0) is 90.7 Å². The lowest BCUT2D eigenvalue weighted by Crippen LogP contribution is -2.22. The normalized spacial score (nSPS) is 16.8. The zero-order valence-electron chi connectivity index (χ0n) is 23.0. The number of aromatic carboxylic acids is 1. The summed E-state index contributed by atoms with van der Waals surface area (Å²) in [6.45, 7) is 0.337. The summed E-state index contributed by atoms with van der Waals surface area (Å²) in [5.74, 6) is 2.51. The molecule has 0 amide bonds. The van der Waals surface area contributed by atoms with Crippen molar-refractivity contribution in [3.63, 3.8) is 0 Å². The molecule has 6 rings (SSSR count). The van der Waals surface area contributed by atoms with Gasteiger partial charge < -0.3 is 19.1 Å². The first kappa shape index (κ1) is 28.0. The Bertz CT molecular complexity index is 1770. The summed E-state index contributed by atoms with van der Waals surface area (Å²) in [6, 6.07) is 26.6. The van der Waals surface area contributed by atoms with Gasteiger partial charge in [0.25, 0.3) is 0 Å². The standard InChI is InChI=1S/C33H29ClN2O5S/c1-40-28-11-12-29(21-2-7-25(34)8-3-21)24(18-28)20-41-27-9-4-22(5-10-27)32-35-30-19-23(33(37)38)6-13-31(30)36(32)26-14-16-42(39)17-15-26/h2-13,18-19,26H,14-17,20H2,1H3,(H,37,38). The van der Waals surface area contributed by atoms with Crippen LogP contribution >= 0.6 is 11.6 Å². The number of aromatic nitrogens is 2. The summed E-state index contributed by atoms with van der Waals surface area (Å²) in [4.78, 5) is 16.5. The molecule has 0 aliphatic carbocycles. The Morgan fingerprint density at radius 2 is 1.64 bits per heavy atom. The van der Waals surface area contributed by atoms with Gasteiger partial charge in [0.15, 0.2) is 0 Å². The Labute approximate surface area is 251 Å². The molecule has 0 atom stereocenters. The van der Waals surface area contributed by atoms with E-state index in [2.05, 4.69) is 4.57 Å². The van der Waals surface area contributed by atoms with Gasteiger partial charge in [0.05, 0.1) is 23.7 Å². The maximum absolute atomic E-state index is 12.1. The molecule has 0 spiro atoms. The minimum Gasteiger partial charge on any atom is -0.497 e. The number of ether oxygens (including phenoxy) is 2. The van der Waals surface area contributed by atoms with Crippen molar-refractivity contribution in [1.29, 1.82) is 0 Å². The molecule has 0 bridgehead atoms. The number of hydrogen-bond donors (Lipinski definition) is 1. The molecular formula is C33H29ClN2O5S. The molecule has 42 heavy (non-hydrogen) atoms. The highest BCUT2D eigenvalue weighted by Gasteiger charge is 2.25. The Morgan fingerprint density at radius 3 is 2.33 bits per heavy atom. The third-order valence-corrected chi connectivity index (χ3v) is 9.27. The van der Waals surface area contributed by atoms with Crippen molar-refractivity contribution in [3.05, 3.63) is 101 Å². The van der Waals surface area contributed by atoms with E-state index in [4.69, 9.17) is 26.1 Å². The summed E-state index contributed by atoms with van der Waals surface area (Å²) in [6.07, 6.45) is 1.56. The van der Waals surface area contributed by atoms with E-state index in [-0.39, 0.29) is 11.6 Å². The summed E-state index contributed by atoms with van der Waals surface area (Å²) in [5, 5.41) is 10.2. The Hall–Kier alpha value is -4.14. The zero-order valence-corrected chi connectivity index (χ0v) is 24.5. The van der Waals surface area contributed by atoms with Crippen molar-refractivity contribution in [3.8, 4) is 34.0 Å². The van der Waals surface area contributed by atoms with Gasteiger partial charge in [-0.25, -0.2) is 9.78 Å². The molecular weight excluding hydrogens is 572 g/mol. The molecule has 1 N–H and O–H groups in total. The number of benzene rings is 4. The highest BCUT2D eigenvalue weighted by molar-refractivity contribution is 7.85. The number of carboxylic acids is 1. The van der Waals surface area contributed by atoms with Crippen molar-refractivity contribution in [2.45, 2.75) is 25.5 Å². The van der Waals surface area contributed by atoms with Crippen LogP contribution in [0.1, 0.15) is 34.8 Å². The minimum absolute atomic E-state index is 0.133. The first-order valence-corrected chi connectivity index (χ1v) is 15.5. The van der Waals surface area contributed by atoms with Crippen LogP contribution in [0.3, 0.4) is 0 Å². The fourth-order valence-corrected chi connectivity index (χ4v) is 6.83. The average molecular weight is 601 g/mol. The van der Waals surface area contributed by atoms with Crippen LogP contribution < -0.4 is 9.47 Å². The summed E-state index contributed by atoms with van der Waals surface area (Å²) in [5.41, 5.74) is 5.64. The maximum Gasteiger partial charge on any atom is 0.335 e. The van der Waals surface area contributed by atoms with Crippen LogP contribution in [-0.2, 0) is 17.4 Å². The molecule has 214 valence electrons. The molecule has 0 radical (unpaired) electrons. The van der Waals surface area contributed by atoms with Crippen LogP contribution in [-0.4, -0.2) is 43.5 Å². The number of rotatable bonds is 8. The van der Waals surface area contributed by atoms with E-state index in [0.29, 0.717) is 34.4 Å². The fraction of sp³-hybridized carbons (Fsp3) is 0.212. The van der Waals surface area contributed by atoms with Gasteiger partial charge in [-0.1, -0.05) is 29.8 Å². The highest BCUT2D eigenvalue weighted by atomic mass is 35.5. The predicted octanol–water partition coefficient (Wildman–Crippen LogP) is 7.39. The second-order valence-electron chi connectivity index (χ2n) is 10.2. The molecule has 4 aromatic carbocycles. The highest BCUT2D eigenvalue weighted by Crippen LogP contribution is 2.35. The van der Waals surface area contributed by atoms with Crippen LogP contribution in [0.25, 0.3) is 33.5 Å². The Morgan fingerprint density at radius 1 is 0.952 bits per heavy atom. The molecule has 2 heterocycles. The van der Waals surface area contributed by atoms with Gasteiger partial charge in [-0.3, -0.25) is 4.21 Å². The lowest BCUT2D eigenvalue weighted by atomic mass is 10.00. The number of halogens is 1. The topological polar surface area (TPSA) is 90.7 Å². The lowest BCUT2D eigenvalue weighted by molar-refractivity contribution is 0.0697. The van der Waals surface area contributed by atoms with Crippen molar-refractivity contribution in [1.82, 2.24) is 9.55 Å². The van der Waals surface area contributed by atoms with Gasteiger partial charge in [0, 0.05) is 44.5 Å². The number of carbonyl (C=O) groups is 1. The second-order valence-corrected chi connectivity index (χ2v) is 12.4. The van der Waals surface area contributed by atoms with Gasteiger partial charge in [-0.15, -0.1) is 0 Å². The maximum atomic E-state index is 12.1. The third kappa shape index (κ3) is 5.78. The molecule has 1 aromatic heterocycles. The SMILES string of the molecule is COc1ccc(-c2ccc(Cl)cc2)c(COc2ccc(-c3nc4cc(C(=O)O)ccc4n3C3CCS(=O)CC3)cc2)c1. The lowest BCUT2D eigenvalue weighted by Gasteiger charge is -2.25. The van der Waals surface area contributed by atoms with Gasteiger partial charge in [0.2, 0.25) is 0 Å². The van der Waals surface area contributed by atoms with Crippen molar-refractivity contribution in [2.75, 3.05) is 18.6 Å². The Kier molecular flexibility index (Phi) is 8.00. The third-order valence-electron chi connectivity index (χ3n) is 7.63. The Balaban J connectivity index is 1.29. The number of methoxy groups -OCH3 is 1. The van der Waals surface area contributed by atoms with Crippen LogP contribution in [0, 0.1) is 0 Å². The summed E-state index contributed by atoms with van der Waals surface area (Å²) in [7, 11) is 0.844. The molecule has 1 saturated heterocycles. The largest absolute Gasteiger partial charge is 0.497 e. The molecule has 1 aliphatic rings. The number of carboxylic acid groups (broad SMARTS) is 1. The minimum atomic E-state index is -0.988. The van der Waals surface area contributed by atoms with Crippen LogP contribution in [0.15, 0.2) is 84.9 Å². The summed E-state index contributed by atoms with van der Waals surface area (Å²) < 4.78 is 25.9. The monoisotopic (exact) mass is 600 g/mol. The smallest absolute Gasteiger partial charge is 0.335 e. The first-order chi connectivity index (χ1) is 20.4. The molecule has 9 heteroatoms. The zero-order chi connectivity index (χ0) is 29.2. The van der Waals surface area contributed by atoms with Crippen LogP contribution in [0.5, 0.6) is 11.5 Å². The number of imidazole rings is 1. The molecule has 1 fully saturated rings. The summed E-state index contributed by atoms with van der Waals surface area (Å²) >= 11 is 6.10. The van der Waals surface area contributed by atoms with Crippen molar-refractivity contribution >= 4 is 39.4 Å². The quantitative estimate of drug-likeness (QED) is 0.200. The number of hydrogen-bond acceptors (Lipinski definition) is 5. The number of fused-ring (bicyclic) bond motifs is 1. The van der Waals surface area contributed by atoms with Gasteiger partial charge in [-0.2, -0.15) is 0 Å². The van der Waals surface area contributed by atoms with Gasteiger partial charge in [0.1, 0.15) is 23.9 Å². The van der Waals surface area contributed by atoms with E-state index < -0.39 is 16.8 Å². The van der Waals surface area contributed by atoms with E-state index >= 15 is 0 Å². The molecule has 5 aromatic rings. The predicted molar refractivity (Wildman–Crippen MR) is 166 cm³/mol. The van der Waals surface area contributed by atoms with Crippen LogP contribution in [0.4, 0.5) is 0 Å². The van der Waals surface area contributed by atoms with Crippen molar-refractivity contribution in [2.24, 2.45) is 0 Å². The van der Waals surface area contributed by atoms with E-state index in [1.165, 1.54) is 0 Å². The number of nitrogens with zero attached hydrogens (tertiary/aromatic N) is 2. The van der Waals surface area contributed by atoms with E-state index in [0.717, 1.165) is 52.2 Å². The van der Waals surface area contributed by atoms with Gasteiger partial charge >= 0.3 is 5.97 Å². The average Bonchev–Trinajstić information content (AvgIpc) is 3.40.